The third-order valence-corrected chi connectivity index (χ3v) is 3.80. The van der Waals surface area contributed by atoms with Crippen molar-refractivity contribution in [2.45, 2.75) is 12.7 Å². The summed E-state index contributed by atoms with van der Waals surface area (Å²) in [5.41, 5.74) is 1.11. The molecule has 0 spiro atoms. The molecule has 0 radical (unpaired) electrons. The first-order valence-electron chi connectivity index (χ1n) is 7.47. The van der Waals surface area contributed by atoms with Gasteiger partial charge in [0.15, 0.2) is 5.82 Å². The van der Waals surface area contributed by atoms with Gasteiger partial charge in [0.2, 0.25) is 0 Å². The molecule has 1 N–H and O–H groups in total. The fraction of sp³-hybridized carbons (Fsp3) is 0.125. The second kappa shape index (κ2) is 5.90. The van der Waals surface area contributed by atoms with E-state index >= 15 is 0 Å². The maximum absolute atomic E-state index is 13.9. The normalized spacial score (nSPS) is 12.0. The summed E-state index contributed by atoms with van der Waals surface area (Å²) in [4.78, 5) is 7.49. The molecule has 4 rings (SSSR count). The van der Waals surface area contributed by atoms with Crippen molar-refractivity contribution in [3.63, 3.8) is 0 Å². The van der Waals surface area contributed by atoms with E-state index in [1.807, 2.05) is 0 Å². The summed E-state index contributed by atoms with van der Waals surface area (Å²) in [6.45, 7) is 0.0924. The highest BCUT2D eigenvalue weighted by Gasteiger charge is 2.36. The quantitative estimate of drug-likeness (QED) is 0.567. The Hall–Kier alpha value is -3.30. The van der Waals surface area contributed by atoms with Crippen LogP contribution in [0.2, 0.25) is 0 Å². The third-order valence-electron chi connectivity index (χ3n) is 3.80. The summed E-state index contributed by atoms with van der Waals surface area (Å²) < 4.78 is 53.6. The third kappa shape index (κ3) is 2.79. The van der Waals surface area contributed by atoms with Gasteiger partial charge in [-0.2, -0.15) is 18.3 Å². The Kier molecular flexibility index (Phi) is 3.67. The minimum Gasteiger partial charge on any atom is -0.262 e. The monoisotopic (exact) mass is 362 g/mol. The smallest absolute Gasteiger partial charge is 0.262 e. The molecule has 10 heteroatoms. The van der Waals surface area contributed by atoms with Crippen molar-refractivity contribution < 1.29 is 17.6 Å². The number of rotatable bonds is 3. The minimum atomic E-state index is -4.66. The summed E-state index contributed by atoms with van der Waals surface area (Å²) in [5, 5.41) is 10.3. The molecule has 26 heavy (non-hydrogen) atoms. The van der Waals surface area contributed by atoms with Crippen LogP contribution < -0.4 is 0 Å². The zero-order chi connectivity index (χ0) is 18.3. The summed E-state index contributed by atoms with van der Waals surface area (Å²) in [6, 6.07) is 7.79. The summed E-state index contributed by atoms with van der Waals surface area (Å²) in [7, 11) is 0. The number of aromatic nitrogens is 6. The average Bonchev–Trinajstić information content (AvgIpc) is 3.22. The molecule has 0 unspecified atom stereocenters. The number of alkyl halides is 3. The lowest BCUT2D eigenvalue weighted by molar-refractivity contribution is -0.144. The number of nitrogens with zero attached hydrogens (tertiary/aromatic N) is 5. The van der Waals surface area contributed by atoms with Crippen LogP contribution in [0.3, 0.4) is 0 Å². The van der Waals surface area contributed by atoms with Crippen LogP contribution in [0.1, 0.15) is 11.4 Å². The number of aromatic amines is 1. The molecule has 3 aromatic heterocycles. The van der Waals surface area contributed by atoms with Crippen LogP contribution in [0.15, 0.2) is 42.7 Å². The Morgan fingerprint density at radius 2 is 1.92 bits per heavy atom. The number of H-pyrrole nitrogens is 1. The summed E-state index contributed by atoms with van der Waals surface area (Å²) in [5.74, 6) is -1.81. The second-order valence-electron chi connectivity index (χ2n) is 5.50. The van der Waals surface area contributed by atoms with Gasteiger partial charge >= 0.3 is 6.18 Å². The Morgan fingerprint density at radius 3 is 2.65 bits per heavy atom. The molecule has 0 amide bonds. The van der Waals surface area contributed by atoms with E-state index in [2.05, 4.69) is 25.3 Å². The number of fused-ring (bicyclic) bond motifs is 1. The largest absolute Gasteiger partial charge is 0.453 e. The van der Waals surface area contributed by atoms with Gasteiger partial charge in [-0.3, -0.25) is 14.8 Å². The molecule has 0 aliphatic heterocycles. The molecule has 0 aliphatic carbocycles. The number of pyridine rings is 1. The highest BCUT2D eigenvalue weighted by Crippen LogP contribution is 2.30. The number of nitrogens with one attached hydrogen (secondary N) is 1. The van der Waals surface area contributed by atoms with Crippen LogP contribution in [0, 0.1) is 5.82 Å². The van der Waals surface area contributed by atoms with Crippen LogP contribution in [0.25, 0.3) is 22.4 Å². The molecule has 0 atom stereocenters. The van der Waals surface area contributed by atoms with Crippen LogP contribution in [-0.4, -0.2) is 29.9 Å². The van der Waals surface area contributed by atoms with Gasteiger partial charge in [-0.05, 0) is 12.1 Å². The number of hydrogen-bond donors (Lipinski definition) is 1. The van der Waals surface area contributed by atoms with Gasteiger partial charge < -0.3 is 0 Å². The van der Waals surface area contributed by atoms with Gasteiger partial charge in [-0.25, -0.2) is 9.37 Å². The van der Waals surface area contributed by atoms with Gasteiger partial charge in [0.1, 0.15) is 11.5 Å². The van der Waals surface area contributed by atoms with Crippen LogP contribution >= 0.6 is 0 Å². The zero-order valence-electron chi connectivity index (χ0n) is 13.0. The number of benzene rings is 1. The maximum atomic E-state index is 13.9. The first-order chi connectivity index (χ1) is 12.4. The molecular formula is C16H10F4N6. The summed E-state index contributed by atoms with van der Waals surface area (Å²) in [6.07, 6.45) is -1.67. The SMILES string of the molecule is Fc1ccccc1Cn1nc(-c2nc(C(F)(F)F)n[nH]2)c2ccncc21. The lowest BCUT2D eigenvalue weighted by atomic mass is 10.2. The van der Waals surface area contributed by atoms with Crippen molar-refractivity contribution in [2.24, 2.45) is 0 Å². The minimum absolute atomic E-state index is 0.0924. The molecule has 6 nitrogen and oxygen atoms in total. The fourth-order valence-corrected chi connectivity index (χ4v) is 2.60. The molecule has 0 saturated carbocycles. The molecule has 3 heterocycles. The second-order valence-corrected chi connectivity index (χ2v) is 5.50. The van der Waals surface area contributed by atoms with E-state index in [0.717, 1.165) is 0 Å². The van der Waals surface area contributed by atoms with E-state index in [4.69, 9.17) is 0 Å². The van der Waals surface area contributed by atoms with E-state index in [1.54, 1.807) is 24.3 Å². The zero-order valence-corrected chi connectivity index (χ0v) is 13.0. The van der Waals surface area contributed by atoms with Gasteiger partial charge in [0.05, 0.1) is 18.3 Å². The topological polar surface area (TPSA) is 72.3 Å². The van der Waals surface area contributed by atoms with Crippen molar-refractivity contribution in [3.8, 4) is 11.5 Å². The van der Waals surface area contributed by atoms with Crippen LogP contribution in [0.4, 0.5) is 17.6 Å². The lowest BCUT2D eigenvalue weighted by Gasteiger charge is -2.04. The first kappa shape index (κ1) is 16.2. The van der Waals surface area contributed by atoms with Gasteiger partial charge in [0, 0.05) is 17.1 Å². The van der Waals surface area contributed by atoms with Crippen molar-refractivity contribution in [2.75, 3.05) is 0 Å². The van der Waals surface area contributed by atoms with Crippen molar-refractivity contribution in [1.82, 2.24) is 29.9 Å². The highest BCUT2D eigenvalue weighted by atomic mass is 19.4. The average molecular weight is 362 g/mol. The fourth-order valence-electron chi connectivity index (χ4n) is 2.60. The van der Waals surface area contributed by atoms with Crippen molar-refractivity contribution >= 4 is 10.9 Å². The maximum Gasteiger partial charge on any atom is 0.453 e. The van der Waals surface area contributed by atoms with E-state index in [9.17, 15) is 17.6 Å². The van der Waals surface area contributed by atoms with E-state index < -0.39 is 17.8 Å². The molecule has 0 bridgehead atoms. The molecule has 132 valence electrons. The van der Waals surface area contributed by atoms with Crippen LogP contribution in [-0.2, 0) is 12.7 Å². The Bertz CT molecular complexity index is 1080. The van der Waals surface area contributed by atoms with Gasteiger partial charge in [0.25, 0.3) is 5.82 Å². The van der Waals surface area contributed by atoms with Crippen molar-refractivity contribution in [3.05, 3.63) is 59.9 Å². The summed E-state index contributed by atoms with van der Waals surface area (Å²) >= 11 is 0. The van der Waals surface area contributed by atoms with E-state index in [1.165, 1.54) is 23.1 Å². The van der Waals surface area contributed by atoms with Crippen molar-refractivity contribution in [1.29, 1.82) is 0 Å². The Morgan fingerprint density at radius 1 is 1.12 bits per heavy atom. The predicted molar refractivity (Wildman–Crippen MR) is 83.4 cm³/mol. The Labute approximate surface area is 143 Å². The van der Waals surface area contributed by atoms with Gasteiger partial charge in [-0.15, -0.1) is 5.10 Å². The molecule has 4 aromatic rings. The van der Waals surface area contributed by atoms with Crippen LogP contribution in [0.5, 0.6) is 0 Å². The van der Waals surface area contributed by atoms with Gasteiger partial charge in [-0.1, -0.05) is 18.2 Å². The van der Waals surface area contributed by atoms with E-state index in [0.29, 0.717) is 16.5 Å². The lowest BCUT2D eigenvalue weighted by Crippen LogP contribution is -2.07. The highest BCUT2D eigenvalue weighted by molar-refractivity contribution is 5.91. The molecule has 1 aromatic carbocycles. The molecule has 0 fully saturated rings. The molecular weight excluding hydrogens is 352 g/mol. The number of hydrogen-bond acceptors (Lipinski definition) is 4. The van der Waals surface area contributed by atoms with E-state index in [-0.39, 0.29) is 18.1 Å². The first-order valence-corrected chi connectivity index (χ1v) is 7.47. The number of halogens is 4. The molecule has 0 saturated heterocycles. The molecule has 0 aliphatic rings. The Balaban J connectivity index is 1.82. The predicted octanol–water partition coefficient (Wildman–Crippen LogP) is 3.42. The standard InChI is InChI=1S/C16H10F4N6/c17-11-4-2-1-3-9(11)8-26-12-7-21-6-5-10(12)13(25-26)14-22-15(24-23-14)16(18,19)20/h1-7H,8H2,(H,22,23,24).